The van der Waals surface area contributed by atoms with Gasteiger partial charge in [-0.05, 0) is 31.5 Å². The summed E-state index contributed by atoms with van der Waals surface area (Å²) in [6.07, 6.45) is 0. The zero-order valence-electron chi connectivity index (χ0n) is 11.1. The number of hydrogen-bond acceptors (Lipinski definition) is 5. The Hall–Kier alpha value is -1.46. The Bertz CT molecular complexity index is 476. The van der Waals surface area contributed by atoms with Crippen molar-refractivity contribution in [1.82, 2.24) is 0 Å². The molecule has 1 aromatic carbocycles. The largest absolute Gasteiger partial charge is 0.469 e. The van der Waals surface area contributed by atoms with Crippen LogP contribution in [0.1, 0.15) is 25.5 Å². The molecule has 1 aliphatic heterocycles. The molecule has 0 unspecified atom stereocenters. The van der Waals surface area contributed by atoms with Gasteiger partial charge in [0.1, 0.15) is 0 Å². The van der Waals surface area contributed by atoms with Gasteiger partial charge in [-0.2, -0.15) is 0 Å². The summed E-state index contributed by atoms with van der Waals surface area (Å²) in [5.74, 6) is 1.01. The summed E-state index contributed by atoms with van der Waals surface area (Å²) in [6, 6.07) is 4.96. The Balaban J connectivity index is 0.00000180. The van der Waals surface area contributed by atoms with E-state index in [0.29, 0.717) is 11.5 Å². The first-order valence-corrected chi connectivity index (χ1v) is 5.70. The normalized spacial score (nSPS) is 14.5. The Labute approximate surface area is 118 Å². The molecule has 0 amide bonds. The molecule has 0 aromatic heterocycles. The number of halogens is 1. The molecule has 106 valence electrons. The number of rotatable bonds is 3. The molecule has 0 bridgehead atoms. The van der Waals surface area contributed by atoms with E-state index in [1.54, 1.807) is 26.0 Å². The third-order valence-corrected chi connectivity index (χ3v) is 3.24. The van der Waals surface area contributed by atoms with Gasteiger partial charge >= 0.3 is 5.97 Å². The molecule has 0 radical (unpaired) electrons. The maximum Gasteiger partial charge on any atom is 0.313 e. The van der Waals surface area contributed by atoms with Crippen LogP contribution >= 0.6 is 12.4 Å². The average molecular weight is 288 g/mol. The molecule has 1 atom stereocenters. The van der Waals surface area contributed by atoms with Crippen LogP contribution in [0.25, 0.3) is 0 Å². The fraction of sp³-hybridized carbons (Fsp3) is 0.462. The maximum atomic E-state index is 11.7. The first-order chi connectivity index (χ1) is 8.46. The molecule has 0 spiro atoms. The minimum Gasteiger partial charge on any atom is -0.469 e. The second-order valence-electron chi connectivity index (χ2n) is 4.80. The van der Waals surface area contributed by atoms with Crippen LogP contribution < -0.4 is 15.2 Å². The average Bonchev–Trinajstić information content (AvgIpc) is 2.83. The van der Waals surface area contributed by atoms with Crippen LogP contribution in [0.3, 0.4) is 0 Å². The van der Waals surface area contributed by atoms with Crippen molar-refractivity contribution in [3.8, 4) is 11.5 Å². The quantitative estimate of drug-likeness (QED) is 0.862. The monoisotopic (exact) mass is 287 g/mol. The van der Waals surface area contributed by atoms with Gasteiger partial charge in [-0.1, -0.05) is 6.07 Å². The van der Waals surface area contributed by atoms with Gasteiger partial charge in [0.25, 0.3) is 0 Å². The van der Waals surface area contributed by atoms with Crippen LogP contribution in [0, 0.1) is 5.41 Å². The smallest absolute Gasteiger partial charge is 0.313 e. The number of nitrogens with two attached hydrogens (primary N) is 1. The van der Waals surface area contributed by atoms with Gasteiger partial charge < -0.3 is 19.9 Å². The summed E-state index contributed by atoms with van der Waals surface area (Å²) in [5.41, 5.74) is 6.16. The molecule has 0 fully saturated rings. The predicted molar refractivity (Wildman–Crippen MR) is 72.5 cm³/mol. The second kappa shape index (κ2) is 5.67. The Morgan fingerprint density at radius 3 is 2.63 bits per heavy atom. The number of benzene rings is 1. The van der Waals surface area contributed by atoms with E-state index >= 15 is 0 Å². The van der Waals surface area contributed by atoms with E-state index in [1.165, 1.54) is 7.11 Å². The topological polar surface area (TPSA) is 70.8 Å². The first-order valence-electron chi connectivity index (χ1n) is 5.70. The zero-order chi connectivity index (χ0) is 13.3. The molecule has 0 saturated heterocycles. The molecule has 1 aliphatic rings. The van der Waals surface area contributed by atoms with E-state index in [9.17, 15) is 4.79 Å². The molecule has 2 N–H and O–H groups in total. The lowest BCUT2D eigenvalue weighted by Crippen LogP contribution is -2.37. The molecule has 0 aliphatic carbocycles. The summed E-state index contributed by atoms with van der Waals surface area (Å²) in [7, 11) is 1.36. The SMILES string of the molecule is COC(=O)C(C)(C)[C@H](N)c1ccc2c(c1)OCO2.Cl. The van der Waals surface area contributed by atoms with Crippen LogP contribution in [-0.4, -0.2) is 19.9 Å². The van der Waals surface area contributed by atoms with Gasteiger partial charge in [0.2, 0.25) is 6.79 Å². The van der Waals surface area contributed by atoms with Crippen molar-refractivity contribution >= 4 is 18.4 Å². The molecule has 19 heavy (non-hydrogen) atoms. The summed E-state index contributed by atoms with van der Waals surface area (Å²) < 4.78 is 15.3. The first kappa shape index (κ1) is 15.6. The molecule has 1 aromatic rings. The van der Waals surface area contributed by atoms with Gasteiger partial charge in [0, 0.05) is 6.04 Å². The third kappa shape index (κ3) is 2.77. The minimum absolute atomic E-state index is 0. The van der Waals surface area contributed by atoms with Crippen molar-refractivity contribution in [2.45, 2.75) is 19.9 Å². The molecule has 5 nitrogen and oxygen atoms in total. The fourth-order valence-electron chi connectivity index (χ4n) is 1.91. The van der Waals surface area contributed by atoms with Crippen molar-refractivity contribution < 1.29 is 19.0 Å². The van der Waals surface area contributed by atoms with Crippen LogP contribution in [0.2, 0.25) is 0 Å². The number of carbonyl (C=O) groups excluding carboxylic acids is 1. The standard InChI is InChI=1S/C13H17NO4.ClH/c1-13(2,12(15)16-3)11(14)8-4-5-9-10(6-8)18-7-17-9;/h4-6,11H,7,14H2,1-3H3;1H/t11-;/m1./s1. The van der Waals surface area contributed by atoms with Crippen molar-refractivity contribution in [2.24, 2.45) is 11.1 Å². The van der Waals surface area contributed by atoms with E-state index in [1.807, 2.05) is 6.07 Å². The lowest BCUT2D eigenvalue weighted by Gasteiger charge is -2.28. The Kier molecular flexibility index (Phi) is 4.66. The van der Waals surface area contributed by atoms with E-state index in [4.69, 9.17) is 19.9 Å². The fourth-order valence-corrected chi connectivity index (χ4v) is 1.91. The number of ether oxygens (including phenoxy) is 3. The van der Waals surface area contributed by atoms with E-state index < -0.39 is 11.5 Å². The lowest BCUT2D eigenvalue weighted by atomic mass is 9.81. The molecule has 0 saturated carbocycles. The van der Waals surface area contributed by atoms with Crippen molar-refractivity contribution in [3.05, 3.63) is 23.8 Å². The third-order valence-electron chi connectivity index (χ3n) is 3.24. The van der Waals surface area contributed by atoms with E-state index in [2.05, 4.69) is 0 Å². The van der Waals surface area contributed by atoms with Crippen LogP contribution in [0.4, 0.5) is 0 Å². The van der Waals surface area contributed by atoms with Gasteiger partial charge in [-0.3, -0.25) is 4.79 Å². The van der Waals surface area contributed by atoms with Gasteiger partial charge in [-0.15, -0.1) is 12.4 Å². The number of esters is 1. The van der Waals surface area contributed by atoms with Gasteiger partial charge in [0.15, 0.2) is 11.5 Å². The second-order valence-corrected chi connectivity index (χ2v) is 4.80. The van der Waals surface area contributed by atoms with Crippen molar-refractivity contribution in [1.29, 1.82) is 0 Å². The highest BCUT2D eigenvalue weighted by Gasteiger charge is 2.37. The lowest BCUT2D eigenvalue weighted by molar-refractivity contribution is -0.152. The molecule has 6 heteroatoms. The van der Waals surface area contributed by atoms with E-state index in [0.717, 1.165) is 5.56 Å². The highest BCUT2D eigenvalue weighted by atomic mass is 35.5. The molecular weight excluding hydrogens is 270 g/mol. The maximum absolute atomic E-state index is 11.7. The predicted octanol–water partition coefficient (Wildman–Crippen LogP) is 2.04. The molecule has 1 heterocycles. The Morgan fingerprint density at radius 1 is 1.37 bits per heavy atom. The summed E-state index contributed by atoms with van der Waals surface area (Å²) in [5, 5.41) is 0. The summed E-state index contributed by atoms with van der Waals surface area (Å²) in [6.45, 7) is 3.73. The molecular formula is C13H18ClNO4. The highest BCUT2D eigenvalue weighted by Crippen LogP contribution is 2.38. The number of carbonyl (C=O) groups is 1. The van der Waals surface area contributed by atoms with Crippen molar-refractivity contribution in [2.75, 3.05) is 13.9 Å². The minimum atomic E-state index is -0.803. The van der Waals surface area contributed by atoms with Gasteiger partial charge in [0.05, 0.1) is 12.5 Å². The molecule has 2 rings (SSSR count). The number of hydrogen-bond donors (Lipinski definition) is 1. The Morgan fingerprint density at radius 2 is 2.00 bits per heavy atom. The zero-order valence-corrected chi connectivity index (χ0v) is 12.0. The van der Waals surface area contributed by atoms with E-state index in [-0.39, 0.29) is 25.2 Å². The van der Waals surface area contributed by atoms with Crippen LogP contribution in [-0.2, 0) is 9.53 Å². The number of methoxy groups -OCH3 is 1. The van der Waals surface area contributed by atoms with Gasteiger partial charge in [-0.25, -0.2) is 0 Å². The highest BCUT2D eigenvalue weighted by molar-refractivity contribution is 5.85. The summed E-state index contributed by atoms with van der Waals surface area (Å²) >= 11 is 0. The van der Waals surface area contributed by atoms with Crippen molar-refractivity contribution in [3.63, 3.8) is 0 Å². The van der Waals surface area contributed by atoms with Crippen LogP contribution in [0.5, 0.6) is 11.5 Å². The number of fused-ring (bicyclic) bond motifs is 1. The van der Waals surface area contributed by atoms with Crippen LogP contribution in [0.15, 0.2) is 18.2 Å². The summed E-state index contributed by atoms with van der Waals surface area (Å²) in [4.78, 5) is 11.7.